The number of rotatable bonds is 4. The predicted octanol–water partition coefficient (Wildman–Crippen LogP) is 2.11. The molecule has 0 radical (unpaired) electrons. The molecule has 1 aromatic carbocycles. The molecule has 1 unspecified atom stereocenters. The summed E-state index contributed by atoms with van der Waals surface area (Å²) in [6.07, 6.45) is 1.79. The molecular weight excluding hydrogens is 254 g/mol. The van der Waals surface area contributed by atoms with E-state index in [1.54, 1.807) is 11.8 Å². The molecule has 1 atom stereocenters. The Bertz CT molecular complexity index is 526. The maximum absolute atomic E-state index is 12.3. The van der Waals surface area contributed by atoms with Crippen LogP contribution >= 0.6 is 0 Å². The van der Waals surface area contributed by atoms with Gasteiger partial charge < -0.3 is 10.0 Å². The minimum atomic E-state index is -0.818. The van der Waals surface area contributed by atoms with Crippen LogP contribution < -0.4 is 0 Å². The summed E-state index contributed by atoms with van der Waals surface area (Å²) < 4.78 is 0. The van der Waals surface area contributed by atoms with Crippen LogP contribution in [0.2, 0.25) is 0 Å². The van der Waals surface area contributed by atoms with Crippen LogP contribution in [0.25, 0.3) is 0 Å². The van der Waals surface area contributed by atoms with Crippen molar-refractivity contribution in [1.29, 1.82) is 0 Å². The Labute approximate surface area is 119 Å². The van der Waals surface area contributed by atoms with E-state index in [-0.39, 0.29) is 5.91 Å². The zero-order valence-electron chi connectivity index (χ0n) is 12.1. The van der Waals surface area contributed by atoms with Gasteiger partial charge in [0.15, 0.2) is 0 Å². The summed E-state index contributed by atoms with van der Waals surface area (Å²) >= 11 is 0. The van der Waals surface area contributed by atoms with E-state index < -0.39 is 11.4 Å². The Kier molecular flexibility index (Phi) is 4.12. The number of carbonyl (C=O) groups is 2. The van der Waals surface area contributed by atoms with Crippen molar-refractivity contribution in [2.24, 2.45) is 5.41 Å². The lowest BCUT2D eigenvalue weighted by molar-refractivity contribution is -0.147. The molecular formula is C16H21NO3. The summed E-state index contributed by atoms with van der Waals surface area (Å²) in [7, 11) is 0. The Morgan fingerprint density at radius 2 is 1.95 bits per heavy atom. The molecule has 0 aromatic heterocycles. The minimum absolute atomic E-state index is 0.0240. The molecule has 1 saturated heterocycles. The lowest BCUT2D eigenvalue weighted by atomic mass is 9.90. The Balaban J connectivity index is 2.05. The molecule has 20 heavy (non-hydrogen) atoms. The third-order valence-electron chi connectivity index (χ3n) is 4.18. The molecule has 0 bridgehead atoms. The number of aliphatic carboxylic acids is 1. The molecule has 0 spiro atoms. The third-order valence-corrected chi connectivity index (χ3v) is 4.18. The van der Waals surface area contributed by atoms with Crippen molar-refractivity contribution in [2.75, 3.05) is 13.1 Å². The van der Waals surface area contributed by atoms with Gasteiger partial charge in [0.1, 0.15) is 0 Å². The van der Waals surface area contributed by atoms with Gasteiger partial charge in [0.25, 0.3) is 0 Å². The van der Waals surface area contributed by atoms with Gasteiger partial charge in [0, 0.05) is 13.1 Å². The van der Waals surface area contributed by atoms with E-state index in [9.17, 15) is 14.7 Å². The fourth-order valence-electron chi connectivity index (χ4n) is 2.70. The molecule has 1 aliphatic rings. The number of nitrogens with zero attached hydrogens (tertiary/aromatic N) is 1. The topological polar surface area (TPSA) is 57.6 Å². The number of amides is 1. The van der Waals surface area contributed by atoms with Crippen LogP contribution in [-0.2, 0) is 22.4 Å². The second kappa shape index (κ2) is 5.65. The zero-order chi connectivity index (χ0) is 14.8. The van der Waals surface area contributed by atoms with E-state index in [2.05, 4.69) is 6.92 Å². The van der Waals surface area contributed by atoms with Crippen LogP contribution in [0.15, 0.2) is 24.3 Å². The fourth-order valence-corrected chi connectivity index (χ4v) is 2.70. The average molecular weight is 275 g/mol. The van der Waals surface area contributed by atoms with Crippen molar-refractivity contribution < 1.29 is 14.7 Å². The number of hydrogen-bond acceptors (Lipinski definition) is 2. The van der Waals surface area contributed by atoms with Gasteiger partial charge in [0.2, 0.25) is 5.91 Å². The molecule has 108 valence electrons. The monoisotopic (exact) mass is 275 g/mol. The number of likely N-dealkylation sites (tertiary alicyclic amines) is 1. The highest BCUT2D eigenvalue weighted by Crippen LogP contribution is 2.30. The molecule has 1 N–H and O–H groups in total. The van der Waals surface area contributed by atoms with Crippen molar-refractivity contribution in [2.45, 2.75) is 33.1 Å². The average Bonchev–Trinajstić information content (AvgIpc) is 2.83. The predicted molar refractivity (Wildman–Crippen MR) is 76.5 cm³/mol. The Morgan fingerprint density at radius 1 is 1.30 bits per heavy atom. The Morgan fingerprint density at radius 3 is 2.50 bits per heavy atom. The van der Waals surface area contributed by atoms with Crippen LogP contribution in [0.5, 0.6) is 0 Å². The first-order valence-electron chi connectivity index (χ1n) is 7.04. The number of benzene rings is 1. The number of carboxylic acids is 1. The van der Waals surface area contributed by atoms with Gasteiger partial charge in [-0.15, -0.1) is 0 Å². The summed E-state index contributed by atoms with van der Waals surface area (Å²) in [5.41, 5.74) is 1.44. The van der Waals surface area contributed by atoms with E-state index in [4.69, 9.17) is 0 Å². The molecule has 1 fully saturated rings. The van der Waals surface area contributed by atoms with E-state index in [1.165, 1.54) is 5.56 Å². The molecule has 1 aliphatic heterocycles. The molecule has 0 saturated carbocycles. The second-order valence-corrected chi connectivity index (χ2v) is 5.73. The van der Waals surface area contributed by atoms with Crippen LogP contribution in [0.1, 0.15) is 31.4 Å². The molecule has 4 heteroatoms. The highest BCUT2D eigenvalue weighted by Gasteiger charge is 2.41. The van der Waals surface area contributed by atoms with Gasteiger partial charge in [-0.25, -0.2) is 0 Å². The lowest BCUT2D eigenvalue weighted by Gasteiger charge is -2.20. The highest BCUT2D eigenvalue weighted by atomic mass is 16.4. The van der Waals surface area contributed by atoms with Crippen molar-refractivity contribution in [3.8, 4) is 0 Å². The second-order valence-electron chi connectivity index (χ2n) is 5.73. The molecule has 1 aromatic rings. The summed E-state index contributed by atoms with van der Waals surface area (Å²) in [5.74, 6) is -0.794. The molecule has 1 amide bonds. The SMILES string of the molecule is CCc1ccccc1CC(=O)N1CCC(C)(C(=O)O)C1. The van der Waals surface area contributed by atoms with Crippen LogP contribution in [0.4, 0.5) is 0 Å². The summed E-state index contributed by atoms with van der Waals surface area (Å²) in [6, 6.07) is 7.93. The van der Waals surface area contributed by atoms with Crippen LogP contribution in [0.3, 0.4) is 0 Å². The van der Waals surface area contributed by atoms with Gasteiger partial charge in [-0.2, -0.15) is 0 Å². The lowest BCUT2D eigenvalue weighted by Crippen LogP contribution is -2.35. The number of hydrogen-bond donors (Lipinski definition) is 1. The number of carboxylic acid groups (broad SMARTS) is 1. The van der Waals surface area contributed by atoms with E-state index >= 15 is 0 Å². The first-order valence-corrected chi connectivity index (χ1v) is 7.04. The Hall–Kier alpha value is -1.84. The normalized spacial score (nSPS) is 22.0. The summed E-state index contributed by atoms with van der Waals surface area (Å²) in [6.45, 7) is 4.63. The number of aryl methyl sites for hydroxylation is 1. The van der Waals surface area contributed by atoms with Crippen molar-refractivity contribution in [3.05, 3.63) is 35.4 Å². The molecule has 4 nitrogen and oxygen atoms in total. The zero-order valence-corrected chi connectivity index (χ0v) is 12.1. The maximum Gasteiger partial charge on any atom is 0.311 e. The maximum atomic E-state index is 12.3. The van der Waals surface area contributed by atoms with Crippen molar-refractivity contribution >= 4 is 11.9 Å². The smallest absolute Gasteiger partial charge is 0.311 e. The number of carbonyl (C=O) groups excluding carboxylic acids is 1. The molecule has 2 rings (SSSR count). The quantitative estimate of drug-likeness (QED) is 0.915. The first-order chi connectivity index (χ1) is 9.46. The van der Waals surface area contributed by atoms with Crippen LogP contribution in [0, 0.1) is 5.41 Å². The van der Waals surface area contributed by atoms with Crippen molar-refractivity contribution in [1.82, 2.24) is 4.90 Å². The first kappa shape index (κ1) is 14.6. The highest BCUT2D eigenvalue weighted by molar-refractivity contribution is 5.82. The summed E-state index contributed by atoms with van der Waals surface area (Å²) in [4.78, 5) is 25.2. The van der Waals surface area contributed by atoms with E-state index in [0.717, 1.165) is 12.0 Å². The van der Waals surface area contributed by atoms with Crippen molar-refractivity contribution in [3.63, 3.8) is 0 Å². The van der Waals surface area contributed by atoms with Crippen LogP contribution in [-0.4, -0.2) is 35.0 Å². The fraction of sp³-hybridized carbons (Fsp3) is 0.500. The largest absolute Gasteiger partial charge is 0.481 e. The minimum Gasteiger partial charge on any atom is -0.481 e. The van der Waals surface area contributed by atoms with Gasteiger partial charge in [-0.05, 0) is 30.9 Å². The molecule has 1 heterocycles. The van der Waals surface area contributed by atoms with Gasteiger partial charge in [0.05, 0.1) is 11.8 Å². The van der Waals surface area contributed by atoms with Gasteiger partial charge in [-0.1, -0.05) is 31.2 Å². The van der Waals surface area contributed by atoms with Gasteiger partial charge >= 0.3 is 5.97 Å². The summed E-state index contributed by atoms with van der Waals surface area (Å²) in [5, 5.41) is 9.21. The van der Waals surface area contributed by atoms with Gasteiger partial charge in [-0.3, -0.25) is 9.59 Å². The third kappa shape index (κ3) is 2.84. The van der Waals surface area contributed by atoms with E-state index in [1.807, 2.05) is 24.3 Å². The van der Waals surface area contributed by atoms with E-state index in [0.29, 0.717) is 25.9 Å². The standard InChI is InChI=1S/C16H21NO3/c1-3-12-6-4-5-7-13(12)10-14(18)17-9-8-16(2,11-17)15(19)20/h4-7H,3,8-11H2,1-2H3,(H,19,20). The molecule has 0 aliphatic carbocycles.